The molecule has 0 saturated carbocycles. The molecule has 0 unspecified atom stereocenters. The number of nitrogens with zero attached hydrogens (tertiary/aromatic N) is 2. The summed E-state index contributed by atoms with van der Waals surface area (Å²) in [4.78, 5) is 12.2. The highest BCUT2D eigenvalue weighted by Crippen LogP contribution is 2.16. The van der Waals surface area contributed by atoms with E-state index in [1.807, 2.05) is 12.1 Å². The van der Waals surface area contributed by atoms with Gasteiger partial charge in [-0.05, 0) is 48.9 Å². The quantitative estimate of drug-likeness (QED) is 0.592. The zero-order valence-corrected chi connectivity index (χ0v) is 15.7. The second-order valence-corrected chi connectivity index (χ2v) is 7.47. The van der Waals surface area contributed by atoms with E-state index in [-0.39, 0.29) is 6.54 Å². The highest BCUT2D eigenvalue weighted by Gasteiger charge is 2.20. The minimum absolute atomic E-state index is 0.359. The molecule has 1 amide bonds. The number of nitrogens with one attached hydrogen (secondary N) is 1. The van der Waals surface area contributed by atoms with Crippen molar-refractivity contribution < 1.29 is 17.9 Å². The van der Waals surface area contributed by atoms with E-state index in [9.17, 15) is 13.2 Å². The smallest absolute Gasteiger partial charge is 0.260 e. The minimum Gasteiger partial charge on any atom is -0.497 e. The van der Waals surface area contributed by atoms with Crippen molar-refractivity contribution in [2.45, 2.75) is 6.92 Å². The van der Waals surface area contributed by atoms with Crippen LogP contribution in [0.15, 0.2) is 59.7 Å². The maximum absolute atomic E-state index is 12.2. The van der Waals surface area contributed by atoms with Crippen molar-refractivity contribution in [3.8, 4) is 5.75 Å². The summed E-state index contributed by atoms with van der Waals surface area (Å²) in [7, 11) is -2.02. The molecule has 0 aliphatic rings. The minimum atomic E-state index is -3.60. The summed E-state index contributed by atoms with van der Waals surface area (Å²) in [6.07, 6.45) is 1.05. The zero-order chi connectivity index (χ0) is 19.2. The summed E-state index contributed by atoms with van der Waals surface area (Å²) in [5.41, 5.74) is 4.21. The Morgan fingerprint density at radius 1 is 1.12 bits per heavy atom. The van der Waals surface area contributed by atoms with E-state index in [2.05, 4.69) is 10.5 Å². The Balaban J connectivity index is 2.08. The van der Waals surface area contributed by atoms with Crippen LogP contribution >= 0.6 is 0 Å². The number of anilines is 1. The van der Waals surface area contributed by atoms with Crippen LogP contribution in [0.1, 0.15) is 12.5 Å². The predicted molar refractivity (Wildman–Crippen MR) is 102 cm³/mol. The number of rotatable bonds is 7. The van der Waals surface area contributed by atoms with Gasteiger partial charge in [-0.1, -0.05) is 18.2 Å². The van der Waals surface area contributed by atoms with Crippen molar-refractivity contribution in [3.05, 3.63) is 60.2 Å². The normalized spacial score (nSPS) is 11.7. The van der Waals surface area contributed by atoms with Gasteiger partial charge in [0.25, 0.3) is 5.91 Å². The van der Waals surface area contributed by atoms with Crippen LogP contribution < -0.4 is 14.5 Å². The second-order valence-electron chi connectivity index (χ2n) is 5.57. The number of carbonyl (C=O) groups excluding carboxylic acids is 1. The molecule has 0 heterocycles. The van der Waals surface area contributed by atoms with Gasteiger partial charge in [0.2, 0.25) is 10.0 Å². The standard InChI is InChI=1S/C18H21N3O4S/c1-14(15-9-11-17(25-2)12-10-15)19-20-18(22)13-21(26(3,23)24)16-7-5-4-6-8-16/h4-12H,13H2,1-3H3,(H,20,22)/b19-14-. The molecule has 7 nitrogen and oxygen atoms in total. The first-order valence-corrected chi connectivity index (χ1v) is 9.66. The van der Waals surface area contributed by atoms with Crippen LogP contribution in [0.5, 0.6) is 5.75 Å². The number of hydrogen-bond donors (Lipinski definition) is 1. The van der Waals surface area contributed by atoms with Crippen molar-refractivity contribution in [2.24, 2.45) is 5.10 Å². The predicted octanol–water partition coefficient (Wildman–Crippen LogP) is 2.00. The van der Waals surface area contributed by atoms with Gasteiger partial charge in [-0.3, -0.25) is 9.10 Å². The number of hydrazone groups is 1. The second kappa shape index (κ2) is 8.48. The van der Waals surface area contributed by atoms with Crippen molar-refractivity contribution in [1.82, 2.24) is 5.43 Å². The Morgan fingerprint density at radius 3 is 2.27 bits per heavy atom. The molecule has 0 saturated heterocycles. The Kier molecular flexibility index (Phi) is 6.35. The third-order valence-electron chi connectivity index (χ3n) is 3.59. The fourth-order valence-electron chi connectivity index (χ4n) is 2.20. The third kappa shape index (κ3) is 5.32. The monoisotopic (exact) mass is 375 g/mol. The van der Waals surface area contributed by atoms with Gasteiger partial charge in [0.1, 0.15) is 12.3 Å². The number of carbonyl (C=O) groups is 1. The first-order valence-electron chi connectivity index (χ1n) is 7.81. The van der Waals surface area contributed by atoms with E-state index >= 15 is 0 Å². The van der Waals surface area contributed by atoms with Gasteiger partial charge in [0.05, 0.1) is 24.8 Å². The Labute approximate surface area is 153 Å². The van der Waals surface area contributed by atoms with E-state index in [0.29, 0.717) is 11.4 Å². The van der Waals surface area contributed by atoms with E-state index in [1.54, 1.807) is 56.5 Å². The number of benzene rings is 2. The number of sulfonamides is 1. The van der Waals surface area contributed by atoms with Crippen molar-refractivity contribution >= 4 is 27.3 Å². The van der Waals surface area contributed by atoms with Crippen LogP contribution in [0, 0.1) is 0 Å². The average molecular weight is 375 g/mol. The molecule has 26 heavy (non-hydrogen) atoms. The van der Waals surface area contributed by atoms with Gasteiger partial charge in [-0.25, -0.2) is 13.8 Å². The van der Waals surface area contributed by atoms with Crippen molar-refractivity contribution in [1.29, 1.82) is 0 Å². The maximum Gasteiger partial charge on any atom is 0.260 e. The molecule has 0 radical (unpaired) electrons. The van der Waals surface area contributed by atoms with Crippen LogP contribution in [-0.2, 0) is 14.8 Å². The van der Waals surface area contributed by atoms with Crippen molar-refractivity contribution in [3.63, 3.8) is 0 Å². The molecule has 0 aromatic heterocycles. The fraction of sp³-hybridized carbons (Fsp3) is 0.222. The summed E-state index contributed by atoms with van der Waals surface area (Å²) in [5.74, 6) is 0.185. The summed E-state index contributed by atoms with van der Waals surface area (Å²) in [6, 6.07) is 15.6. The number of ether oxygens (including phenoxy) is 1. The lowest BCUT2D eigenvalue weighted by Gasteiger charge is -2.21. The molecular formula is C18H21N3O4S. The number of para-hydroxylation sites is 1. The molecule has 0 bridgehead atoms. The number of hydrogen-bond acceptors (Lipinski definition) is 5. The van der Waals surface area contributed by atoms with Crippen LogP contribution in [-0.4, -0.2) is 39.9 Å². The third-order valence-corrected chi connectivity index (χ3v) is 4.73. The summed E-state index contributed by atoms with van der Waals surface area (Å²) < 4.78 is 30.1. The summed E-state index contributed by atoms with van der Waals surface area (Å²) >= 11 is 0. The molecule has 8 heteroatoms. The molecule has 0 spiro atoms. The van der Waals surface area contributed by atoms with Gasteiger partial charge in [0.15, 0.2) is 0 Å². The Hall–Kier alpha value is -2.87. The first kappa shape index (κ1) is 19.5. The molecule has 0 fully saturated rings. The van der Waals surface area contributed by atoms with Gasteiger partial charge in [-0.2, -0.15) is 5.10 Å². The number of methoxy groups -OCH3 is 1. The lowest BCUT2D eigenvalue weighted by Crippen LogP contribution is -2.39. The van der Waals surface area contributed by atoms with E-state index < -0.39 is 15.9 Å². The van der Waals surface area contributed by atoms with Gasteiger partial charge in [0, 0.05) is 0 Å². The van der Waals surface area contributed by atoms with E-state index in [0.717, 1.165) is 21.9 Å². The fourth-order valence-corrected chi connectivity index (χ4v) is 3.06. The topological polar surface area (TPSA) is 88.1 Å². The highest BCUT2D eigenvalue weighted by molar-refractivity contribution is 7.92. The van der Waals surface area contributed by atoms with Gasteiger partial charge < -0.3 is 4.74 Å². The molecular weight excluding hydrogens is 354 g/mol. The highest BCUT2D eigenvalue weighted by atomic mass is 32.2. The lowest BCUT2D eigenvalue weighted by atomic mass is 10.1. The van der Waals surface area contributed by atoms with Crippen LogP contribution in [0.3, 0.4) is 0 Å². The van der Waals surface area contributed by atoms with Crippen LogP contribution in [0.4, 0.5) is 5.69 Å². The molecule has 138 valence electrons. The molecule has 2 rings (SSSR count). The largest absolute Gasteiger partial charge is 0.497 e. The van der Waals surface area contributed by atoms with Crippen LogP contribution in [0.2, 0.25) is 0 Å². The SMILES string of the molecule is COc1ccc(/C(C)=N\NC(=O)CN(c2ccccc2)S(C)(=O)=O)cc1. The summed E-state index contributed by atoms with van der Waals surface area (Å²) in [6.45, 7) is 1.38. The zero-order valence-electron chi connectivity index (χ0n) is 14.8. The van der Waals surface area contributed by atoms with E-state index in [4.69, 9.17) is 4.74 Å². The Morgan fingerprint density at radius 2 is 1.73 bits per heavy atom. The first-order chi connectivity index (χ1) is 12.3. The van der Waals surface area contributed by atoms with E-state index in [1.165, 1.54) is 0 Å². The van der Waals surface area contributed by atoms with Crippen LogP contribution in [0.25, 0.3) is 0 Å². The molecule has 1 N–H and O–H groups in total. The van der Waals surface area contributed by atoms with Gasteiger partial charge in [-0.15, -0.1) is 0 Å². The maximum atomic E-state index is 12.2. The summed E-state index contributed by atoms with van der Waals surface area (Å²) in [5, 5.41) is 4.03. The Bertz CT molecular complexity index is 878. The number of amides is 1. The van der Waals surface area contributed by atoms with Crippen molar-refractivity contribution in [2.75, 3.05) is 24.2 Å². The lowest BCUT2D eigenvalue weighted by molar-refractivity contribution is -0.119. The van der Waals surface area contributed by atoms with Gasteiger partial charge >= 0.3 is 0 Å². The molecule has 2 aromatic rings. The molecule has 0 aliphatic heterocycles. The molecule has 2 aromatic carbocycles. The molecule has 0 aliphatic carbocycles. The molecule has 0 atom stereocenters. The average Bonchev–Trinajstić information content (AvgIpc) is 2.64.